The highest BCUT2D eigenvalue weighted by Gasteiger charge is 2.25. The number of anilines is 2. The van der Waals surface area contributed by atoms with Crippen LogP contribution in [0.15, 0.2) is 24.4 Å². The van der Waals surface area contributed by atoms with E-state index in [2.05, 4.69) is 30.3 Å². The first kappa shape index (κ1) is 24.0. The predicted molar refractivity (Wildman–Crippen MR) is 133 cm³/mol. The van der Waals surface area contributed by atoms with Gasteiger partial charge in [-0.2, -0.15) is 0 Å². The summed E-state index contributed by atoms with van der Waals surface area (Å²) in [5, 5.41) is 7.41. The molecule has 3 aromatic rings. The van der Waals surface area contributed by atoms with Gasteiger partial charge in [0.2, 0.25) is 11.8 Å². The van der Waals surface area contributed by atoms with Gasteiger partial charge in [0.15, 0.2) is 11.6 Å². The van der Waals surface area contributed by atoms with Crippen molar-refractivity contribution in [3.05, 3.63) is 41.0 Å². The summed E-state index contributed by atoms with van der Waals surface area (Å²) in [6, 6.07) is 4.10. The largest absolute Gasteiger partial charge is 0.437 e. The van der Waals surface area contributed by atoms with Crippen LogP contribution in [0, 0.1) is 24.5 Å². The number of nitrogens with zero attached hydrogens (tertiary/aromatic N) is 3. The van der Waals surface area contributed by atoms with Gasteiger partial charge in [-0.25, -0.2) is 27.9 Å². The number of thiazole rings is 1. The lowest BCUT2D eigenvalue weighted by atomic mass is 10.1. The summed E-state index contributed by atoms with van der Waals surface area (Å²) >= 11 is 1.37. The third kappa shape index (κ3) is 6.11. The van der Waals surface area contributed by atoms with Crippen molar-refractivity contribution in [2.45, 2.75) is 38.6 Å². The van der Waals surface area contributed by atoms with Crippen molar-refractivity contribution in [1.82, 2.24) is 20.3 Å². The van der Waals surface area contributed by atoms with E-state index in [0.717, 1.165) is 50.9 Å². The average molecular weight is 521 g/mol. The summed E-state index contributed by atoms with van der Waals surface area (Å²) in [5.74, 6) is -0.371. The van der Waals surface area contributed by atoms with E-state index < -0.39 is 28.3 Å². The lowest BCUT2D eigenvalue weighted by molar-refractivity contribution is 0.456. The number of nitrogens with one attached hydrogen (secondary N) is 3. The molecule has 2 atom stereocenters. The summed E-state index contributed by atoms with van der Waals surface area (Å²) in [6.07, 6.45) is 5.78. The Hall–Kier alpha value is -2.70. The average Bonchev–Trinajstić information content (AvgIpc) is 3.56. The molecule has 5 rings (SSSR count). The Labute approximate surface area is 208 Å². The van der Waals surface area contributed by atoms with Gasteiger partial charge < -0.3 is 15.4 Å². The van der Waals surface area contributed by atoms with E-state index in [0.29, 0.717) is 33.2 Å². The van der Waals surface area contributed by atoms with Crippen LogP contribution >= 0.6 is 11.3 Å². The van der Waals surface area contributed by atoms with Crippen LogP contribution in [0.5, 0.6) is 11.6 Å². The molecule has 12 heteroatoms. The highest BCUT2D eigenvalue weighted by atomic mass is 32.2. The number of ether oxygens (including phenoxy) is 1. The second kappa shape index (κ2) is 10.5. The Bertz CT molecular complexity index is 1210. The number of benzene rings is 1. The van der Waals surface area contributed by atoms with Crippen LogP contribution in [0.3, 0.4) is 0 Å². The third-order valence-electron chi connectivity index (χ3n) is 5.75. The molecule has 2 aromatic heterocycles. The minimum atomic E-state index is -1.54. The molecule has 2 aliphatic rings. The molecule has 1 aliphatic heterocycles. The molecule has 8 nitrogen and oxygen atoms in total. The number of rotatable bonds is 9. The van der Waals surface area contributed by atoms with Crippen molar-refractivity contribution in [2.24, 2.45) is 5.92 Å². The van der Waals surface area contributed by atoms with Crippen molar-refractivity contribution < 1.29 is 17.7 Å². The standard InChI is InChI=1S/C23H26F2N6O2S2/c1-13-28-22(21(34-13)19-6-8-27-23(30-19)29-15-3-2-7-26-11-15)33-16-9-17(24)20(18(25)10-16)31-35(32)12-14-4-5-14/h6,8-10,14-15,26,31H,2-5,7,11-12H2,1H3,(H,27,29,30). The first-order chi connectivity index (χ1) is 16.9. The highest BCUT2D eigenvalue weighted by Crippen LogP contribution is 2.38. The van der Waals surface area contributed by atoms with Gasteiger partial charge in [0, 0.05) is 36.7 Å². The number of hydrogen-bond donors (Lipinski definition) is 3. The van der Waals surface area contributed by atoms with Gasteiger partial charge in [0.1, 0.15) is 27.3 Å². The van der Waals surface area contributed by atoms with Gasteiger partial charge in [-0.15, -0.1) is 11.3 Å². The van der Waals surface area contributed by atoms with Crippen molar-refractivity contribution >= 4 is 34.0 Å². The molecule has 0 radical (unpaired) electrons. The van der Waals surface area contributed by atoms with E-state index in [1.54, 1.807) is 12.3 Å². The van der Waals surface area contributed by atoms with Crippen molar-refractivity contribution in [1.29, 1.82) is 0 Å². The predicted octanol–water partition coefficient (Wildman–Crippen LogP) is 4.63. The normalized spacial score (nSPS) is 18.8. The van der Waals surface area contributed by atoms with Crippen LogP contribution in [0.2, 0.25) is 0 Å². The lowest BCUT2D eigenvalue weighted by Crippen LogP contribution is -2.38. The van der Waals surface area contributed by atoms with E-state index >= 15 is 0 Å². The molecule has 1 aromatic carbocycles. The molecule has 3 heterocycles. The first-order valence-corrected chi connectivity index (χ1v) is 13.7. The number of halogens is 2. The highest BCUT2D eigenvalue weighted by molar-refractivity contribution is 7.86. The fourth-order valence-electron chi connectivity index (χ4n) is 3.82. The first-order valence-electron chi connectivity index (χ1n) is 11.5. The molecule has 3 N–H and O–H groups in total. The smallest absolute Gasteiger partial charge is 0.240 e. The molecule has 2 fully saturated rings. The number of hydrogen-bond acceptors (Lipinski definition) is 8. The monoisotopic (exact) mass is 520 g/mol. The maximum absolute atomic E-state index is 14.7. The van der Waals surface area contributed by atoms with Crippen LogP contribution < -0.4 is 20.1 Å². The second-order valence-electron chi connectivity index (χ2n) is 8.74. The summed E-state index contributed by atoms with van der Waals surface area (Å²) < 4.78 is 49.7. The molecule has 186 valence electrons. The molecular formula is C23H26F2N6O2S2. The molecule has 0 bridgehead atoms. The Kier molecular flexibility index (Phi) is 7.21. The maximum Gasteiger partial charge on any atom is 0.240 e. The number of aryl methyl sites for hydroxylation is 1. The van der Waals surface area contributed by atoms with Gasteiger partial charge in [-0.05, 0) is 51.1 Å². The zero-order chi connectivity index (χ0) is 24.4. The van der Waals surface area contributed by atoms with Gasteiger partial charge in [0.05, 0.1) is 10.7 Å². The Morgan fingerprint density at radius 3 is 2.74 bits per heavy atom. The molecule has 35 heavy (non-hydrogen) atoms. The van der Waals surface area contributed by atoms with Crippen LogP contribution in [-0.2, 0) is 11.0 Å². The SMILES string of the molecule is Cc1nc(Oc2cc(F)c(NS(=O)CC3CC3)c(F)c2)c(-c2ccnc(NC3CCCNC3)n2)s1. The Morgan fingerprint density at radius 2 is 2.03 bits per heavy atom. The number of aromatic nitrogens is 3. The van der Waals surface area contributed by atoms with E-state index in [-0.39, 0.29) is 17.7 Å². The molecule has 1 aliphatic carbocycles. The van der Waals surface area contributed by atoms with E-state index in [1.165, 1.54) is 11.3 Å². The van der Waals surface area contributed by atoms with Gasteiger partial charge in [-0.3, -0.25) is 4.72 Å². The van der Waals surface area contributed by atoms with Crippen molar-refractivity contribution in [3.8, 4) is 22.2 Å². The van der Waals surface area contributed by atoms with Crippen LogP contribution in [-0.4, -0.2) is 44.0 Å². The van der Waals surface area contributed by atoms with E-state index in [4.69, 9.17) is 4.74 Å². The van der Waals surface area contributed by atoms with Crippen molar-refractivity contribution in [2.75, 3.05) is 28.9 Å². The summed E-state index contributed by atoms with van der Waals surface area (Å²) in [4.78, 5) is 14.0. The molecule has 1 saturated carbocycles. The third-order valence-corrected chi connectivity index (χ3v) is 7.93. The van der Waals surface area contributed by atoms with Crippen molar-refractivity contribution in [3.63, 3.8) is 0 Å². The molecule has 1 saturated heterocycles. The maximum atomic E-state index is 14.7. The Balaban J connectivity index is 1.34. The fraction of sp³-hybridized carbons (Fsp3) is 0.435. The van der Waals surface area contributed by atoms with E-state index in [1.807, 2.05) is 6.92 Å². The van der Waals surface area contributed by atoms with Gasteiger partial charge >= 0.3 is 0 Å². The van der Waals surface area contributed by atoms with Gasteiger partial charge in [0.25, 0.3) is 0 Å². The Morgan fingerprint density at radius 1 is 1.23 bits per heavy atom. The summed E-state index contributed by atoms with van der Waals surface area (Å²) in [7, 11) is -1.54. The molecule has 0 amide bonds. The van der Waals surface area contributed by atoms with Crippen LogP contribution in [0.25, 0.3) is 10.6 Å². The fourth-order valence-corrected chi connectivity index (χ4v) is 5.91. The van der Waals surface area contributed by atoms with Gasteiger partial charge in [-0.1, -0.05) is 0 Å². The van der Waals surface area contributed by atoms with Crippen LogP contribution in [0.1, 0.15) is 30.7 Å². The zero-order valence-corrected chi connectivity index (χ0v) is 20.8. The second-order valence-corrected chi connectivity index (χ2v) is 11.2. The van der Waals surface area contributed by atoms with E-state index in [9.17, 15) is 13.0 Å². The minimum absolute atomic E-state index is 0.0502. The molecule has 2 unspecified atom stereocenters. The quantitative estimate of drug-likeness (QED) is 0.378. The lowest BCUT2D eigenvalue weighted by Gasteiger charge is -2.23. The summed E-state index contributed by atoms with van der Waals surface area (Å²) in [6.45, 7) is 3.67. The van der Waals surface area contributed by atoms with Crippen LogP contribution in [0.4, 0.5) is 20.4 Å². The summed E-state index contributed by atoms with van der Waals surface area (Å²) in [5.41, 5.74) is 0.177. The molecular weight excluding hydrogens is 494 g/mol. The minimum Gasteiger partial charge on any atom is -0.437 e. The zero-order valence-electron chi connectivity index (χ0n) is 19.1. The number of piperidine rings is 1. The topological polar surface area (TPSA) is 101 Å². The molecule has 0 spiro atoms.